The van der Waals surface area contributed by atoms with E-state index < -0.39 is 0 Å². The van der Waals surface area contributed by atoms with E-state index in [-0.39, 0.29) is 5.78 Å². The predicted molar refractivity (Wildman–Crippen MR) is 119 cm³/mol. The highest BCUT2D eigenvalue weighted by atomic mass is 32.1. The van der Waals surface area contributed by atoms with Gasteiger partial charge in [0.1, 0.15) is 10.7 Å². The summed E-state index contributed by atoms with van der Waals surface area (Å²) in [7, 11) is 0. The Hall–Kier alpha value is -3.19. The number of H-pyrrole nitrogens is 1. The van der Waals surface area contributed by atoms with Gasteiger partial charge in [-0.15, -0.1) is 11.3 Å². The molecule has 0 atom stereocenters. The number of carbonyl (C=O) groups is 1. The van der Waals surface area contributed by atoms with E-state index in [1.165, 1.54) is 0 Å². The number of ether oxygens (including phenoxy) is 2. The van der Waals surface area contributed by atoms with Gasteiger partial charge in [0, 0.05) is 22.8 Å². The third kappa shape index (κ3) is 4.21. The second-order valence-electron chi connectivity index (χ2n) is 6.71. The maximum atomic E-state index is 12.6. The number of hydrogen-bond donors (Lipinski definition) is 1. The van der Waals surface area contributed by atoms with E-state index in [1.807, 2.05) is 61.7 Å². The quantitative estimate of drug-likeness (QED) is 0.371. The predicted octanol–water partition coefficient (Wildman–Crippen LogP) is 5.30. The number of nitrogens with zero attached hydrogens (tertiary/aromatic N) is 2. The Morgan fingerprint density at radius 2 is 1.87 bits per heavy atom. The van der Waals surface area contributed by atoms with Crippen LogP contribution in [0.25, 0.3) is 21.5 Å². The minimum Gasteiger partial charge on any atom is -0.490 e. The Morgan fingerprint density at radius 1 is 1.07 bits per heavy atom. The van der Waals surface area contributed by atoms with Crippen LogP contribution in [0.3, 0.4) is 0 Å². The number of aromatic nitrogens is 3. The fraction of sp³-hybridized carbons (Fsp3) is 0.261. The molecule has 0 saturated carbocycles. The van der Waals surface area contributed by atoms with Gasteiger partial charge in [0.15, 0.2) is 17.3 Å². The fourth-order valence-corrected chi connectivity index (χ4v) is 4.13. The molecule has 4 aromatic rings. The largest absolute Gasteiger partial charge is 0.490 e. The van der Waals surface area contributed by atoms with Crippen molar-refractivity contribution in [1.29, 1.82) is 0 Å². The molecule has 0 aliphatic carbocycles. The first-order valence-electron chi connectivity index (χ1n) is 10.00. The van der Waals surface area contributed by atoms with Gasteiger partial charge in [0.25, 0.3) is 0 Å². The number of fused-ring (bicyclic) bond motifs is 1. The summed E-state index contributed by atoms with van der Waals surface area (Å²) in [4.78, 5) is 17.4. The molecule has 7 heteroatoms. The molecule has 0 fully saturated rings. The van der Waals surface area contributed by atoms with E-state index in [2.05, 4.69) is 10.2 Å². The van der Waals surface area contributed by atoms with Crippen molar-refractivity contribution in [3.8, 4) is 22.1 Å². The average Bonchev–Trinajstić information content (AvgIpc) is 3.41. The van der Waals surface area contributed by atoms with Gasteiger partial charge in [0.05, 0.1) is 24.4 Å². The molecular weight excluding hydrogens is 398 g/mol. The van der Waals surface area contributed by atoms with Gasteiger partial charge in [-0.1, -0.05) is 18.2 Å². The van der Waals surface area contributed by atoms with E-state index in [9.17, 15) is 4.79 Å². The number of para-hydroxylation sites is 1. The smallest absolute Gasteiger partial charge is 0.184 e. The molecule has 0 saturated heterocycles. The number of hydrogen-bond acceptors (Lipinski definition) is 6. The number of thiazole rings is 1. The van der Waals surface area contributed by atoms with Gasteiger partial charge < -0.3 is 9.47 Å². The van der Waals surface area contributed by atoms with Crippen molar-refractivity contribution in [1.82, 2.24) is 15.2 Å². The van der Waals surface area contributed by atoms with Gasteiger partial charge in [0.2, 0.25) is 0 Å². The number of benzene rings is 2. The first kappa shape index (κ1) is 20.1. The molecular formula is C23H23N3O3S. The lowest BCUT2D eigenvalue weighted by Crippen LogP contribution is -2.02. The van der Waals surface area contributed by atoms with Crippen molar-refractivity contribution < 1.29 is 14.3 Å². The summed E-state index contributed by atoms with van der Waals surface area (Å²) in [5.74, 6) is 1.47. The van der Waals surface area contributed by atoms with Gasteiger partial charge in [-0.2, -0.15) is 5.10 Å². The van der Waals surface area contributed by atoms with Crippen LogP contribution >= 0.6 is 11.3 Å². The molecule has 154 valence electrons. The topological polar surface area (TPSA) is 77.1 Å². The highest BCUT2D eigenvalue weighted by molar-refractivity contribution is 7.13. The first-order chi connectivity index (χ1) is 14.7. The minimum atomic E-state index is 0.0155. The molecule has 30 heavy (non-hydrogen) atoms. The lowest BCUT2D eigenvalue weighted by atomic mass is 10.1. The van der Waals surface area contributed by atoms with Crippen molar-refractivity contribution in [3.63, 3.8) is 0 Å². The maximum Gasteiger partial charge on any atom is 0.184 e. The van der Waals surface area contributed by atoms with Crippen molar-refractivity contribution in [2.45, 2.75) is 26.7 Å². The van der Waals surface area contributed by atoms with Gasteiger partial charge in [-0.3, -0.25) is 9.89 Å². The maximum absolute atomic E-state index is 12.6. The lowest BCUT2D eigenvalue weighted by Gasteiger charge is -2.11. The molecule has 4 rings (SSSR count). The number of Topliss-reactive ketones (excluding diaryl/α,β-unsaturated/α-hetero) is 1. The minimum absolute atomic E-state index is 0.0155. The molecule has 0 aliphatic heterocycles. The summed E-state index contributed by atoms with van der Waals surface area (Å²) in [6.07, 6.45) is 0.942. The van der Waals surface area contributed by atoms with Gasteiger partial charge >= 0.3 is 0 Å². The summed E-state index contributed by atoms with van der Waals surface area (Å²) >= 11 is 1.56. The van der Waals surface area contributed by atoms with Crippen LogP contribution in [0.2, 0.25) is 0 Å². The van der Waals surface area contributed by atoms with Crippen molar-refractivity contribution in [2.75, 3.05) is 13.2 Å². The number of aryl methyl sites for hydroxylation is 1. The highest BCUT2D eigenvalue weighted by Crippen LogP contribution is 2.34. The first-order valence-corrected chi connectivity index (χ1v) is 10.9. The third-order valence-electron chi connectivity index (χ3n) is 4.68. The van der Waals surface area contributed by atoms with Gasteiger partial charge in [-0.05, 0) is 44.5 Å². The Morgan fingerprint density at radius 3 is 2.70 bits per heavy atom. The zero-order chi connectivity index (χ0) is 20.9. The summed E-state index contributed by atoms with van der Waals surface area (Å²) in [6, 6.07) is 13.5. The molecule has 2 aromatic carbocycles. The standard InChI is InChI=1S/C23H23N3O3S/c1-3-28-20-12-9-15(13-21(20)29-4-2)23-24-16(14-30-23)10-11-19(27)22-17-7-5-6-8-18(17)25-26-22/h5-9,12-14H,3-4,10-11H2,1-2H3,(H,25,26). The third-order valence-corrected chi connectivity index (χ3v) is 5.62. The Bertz CT molecular complexity index is 1170. The van der Waals surface area contributed by atoms with Gasteiger partial charge in [-0.25, -0.2) is 4.98 Å². The number of aromatic amines is 1. The van der Waals surface area contributed by atoms with E-state index in [1.54, 1.807) is 11.3 Å². The molecule has 0 spiro atoms. The van der Waals surface area contributed by atoms with Crippen LogP contribution in [0.4, 0.5) is 0 Å². The Kier molecular flexibility index (Phi) is 6.09. The highest BCUT2D eigenvalue weighted by Gasteiger charge is 2.15. The Balaban J connectivity index is 1.46. The SMILES string of the molecule is CCOc1ccc(-c2nc(CCC(=O)c3n[nH]c4ccccc34)cs2)cc1OCC. The molecule has 0 radical (unpaired) electrons. The molecule has 6 nitrogen and oxygen atoms in total. The van der Waals surface area contributed by atoms with Crippen LogP contribution in [-0.4, -0.2) is 34.2 Å². The van der Waals surface area contributed by atoms with Crippen LogP contribution in [-0.2, 0) is 6.42 Å². The van der Waals surface area contributed by atoms with Crippen LogP contribution < -0.4 is 9.47 Å². The van der Waals surface area contributed by atoms with E-state index in [4.69, 9.17) is 14.5 Å². The van der Waals surface area contributed by atoms with E-state index in [0.29, 0.717) is 37.5 Å². The van der Waals surface area contributed by atoms with E-state index >= 15 is 0 Å². The normalized spacial score (nSPS) is 11.0. The van der Waals surface area contributed by atoms with Crippen LogP contribution in [0.15, 0.2) is 47.8 Å². The second kappa shape index (κ2) is 9.09. The summed E-state index contributed by atoms with van der Waals surface area (Å²) in [6.45, 7) is 5.05. The molecule has 0 aliphatic rings. The molecule has 2 heterocycles. The van der Waals surface area contributed by atoms with E-state index in [0.717, 1.165) is 32.9 Å². The fourth-order valence-electron chi connectivity index (χ4n) is 3.27. The Labute approximate surface area is 178 Å². The number of rotatable bonds is 9. The summed E-state index contributed by atoms with van der Waals surface area (Å²) in [5.41, 5.74) is 3.24. The zero-order valence-electron chi connectivity index (χ0n) is 17.0. The lowest BCUT2D eigenvalue weighted by molar-refractivity contribution is 0.0979. The second-order valence-corrected chi connectivity index (χ2v) is 7.57. The van der Waals surface area contributed by atoms with Crippen LogP contribution in [0, 0.1) is 0 Å². The number of carbonyl (C=O) groups excluding carboxylic acids is 1. The average molecular weight is 422 g/mol. The van der Waals surface area contributed by atoms with Crippen molar-refractivity contribution >= 4 is 28.0 Å². The van der Waals surface area contributed by atoms with Crippen LogP contribution in [0.5, 0.6) is 11.5 Å². The monoisotopic (exact) mass is 421 g/mol. The molecule has 0 bridgehead atoms. The molecule has 0 unspecified atom stereocenters. The molecule has 1 N–H and O–H groups in total. The molecule has 0 amide bonds. The zero-order valence-corrected chi connectivity index (χ0v) is 17.8. The number of nitrogens with one attached hydrogen (secondary N) is 1. The van der Waals surface area contributed by atoms with Crippen molar-refractivity contribution in [2.24, 2.45) is 0 Å². The molecule has 2 aromatic heterocycles. The summed E-state index contributed by atoms with van der Waals surface area (Å²) in [5, 5.41) is 10.9. The van der Waals surface area contributed by atoms with Crippen molar-refractivity contribution in [3.05, 3.63) is 59.2 Å². The number of ketones is 1. The summed E-state index contributed by atoms with van der Waals surface area (Å²) < 4.78 is 11.3. The van der Waals surface area contributed by atoms with Crippen LogP contribution in [0.1, 0.15) is 36.5 Å².